The van der Waals surface area contributed by atoms with E-state index in [2.05, 4.69) is 19.9 Å². The highest BCUT2D eigenvalue weighted by Crippen LogP contribution is 2.26. The molecule has 0 bridgehead atoms. The van der Waals surface area contributed by atoms with Gasteiger partial charge in [-0.3, -0.25) is 4.98 Å². The summed E-state index contributed by atoms with van der Waals surface area (Å²) in [5.41, 5.74) is 6.61. The van der Waals surface area contributed by atoms with Gasteiger partial charge in [0.2, 0.25) is 5.95 Å². The smallest absolute Gasteiger partial charge is 0.322 e. The molecule has 2 aromatic heterocycles. The van der Waals surface area contributed by atoms with Gasteiger partial charge in [-0.1, -0.05) is 18.2 Å². The first-order valence-corrected chi connectivity index (χ1v) is 6.65. The van der Waals surface area contributed by atoms with Gasteiger partial charge >= 0.3 is 6.01 Å². The molecule has 0 aliphatic heterocycles. The molecule has 106 valence electrons. The fourth-order valence-electron chi connectivity index (χ4n) is 2.06. The monoisotopic (exact) mass is 281 g/mol. The predicted molar refractivity (Wildman–Crippen MR) is 80.7 cm³/mol. The van der Waals surface area contributed by atoms with Crippen LogP contribution in [-0.4, -0.2) is 26.0 Å². The van der Waals surface area contributed by atoms with Crippen LogP contribution in [0.15, 0.2) is 36.7 Å². The highest BCUT2D eigenvalue weighted by Gasteiger charge is 2.11. The van der Waals surface area contributed by atoms with Crippen LogP contribution in [0.2, 0.25) is 0 Å². The molecule has 3 rings (SSSR count). The highest BCUT2D eigenvalue weighted by molar-refractivity contribution is 5.94. The number of nitrogens with two attached hydrogens (primary N) is 1. The molecule has 2 heterocycles. The number of anilines is 1. The molecule has 2 N–H and O–H groups in total. The Morgan fingerprint density at radius 2 is 1.95 bits per heavy atom. The second-order valence-electron chi connectivity index (χ2n) is 4.87. The van der Waals surface area contributed by atoms with Gasteiger partial charge in [0, 0.05) is 23.3 Å². The van der Waals surface area contributed by atoms with Crippen molar-refractivity contribution in [1.29, 1.82) is 0 Å². The van der Waals surface area contributed by atoms with E-state index >= 15 is 0 Å². The number of ether oxygens (including phenoxy) is 1. The Kier molecular flexibility index (Phi) is 3.35. The summed E-state index contributed by atoms with van der Waals surface area (Å²) < 4.78 is 5.51. The summed E-state index contributed by atoms with van der Waals surface area (Å²) in [7, 11) is 0. The fraction of sp³-hybridized carbons (Fsp3) is 0.200. The van der Waals surface area contributed by atoms with Gasteiger partial charge in [0.1, 0.15) is 0 Å². The molecule has 0 radical (unpaired) electrons. The van der Waals surface area contributed by atoms with Gasteiger partial charge < -0.3 is 10.5 Å². The van der Waals surface area contributed by atoms with Crippen LogP contribution in [0, 0.1) is 0 Å². The Bertz CT molecular complexity index is 783. The molecule has 0 unspecified atom stereocenters. The van der Waals surface area contributed by atoms with Crippen molar-refractivity contribution in [1.82, 2.24) is 19.9 Å². The van der Waals surface area contributed by atoms with E-state index in [1.807, 2.05) is 38.1 Å². The summed E-state index contributed by atoms with van der Waals surface area (Å²) in [5.74, 6) is 0.619. The number of hydrogen-bond acceptors (Lipinski definition) is 6. The van der Waals surface area contributed by atoms with Crippen molar-refractivity contribution < 1.29 is 4.74 Å². The number of fused-ring (bicyclic) bond motifs is 1. The third-order valence-electron chi connectivity index (χ3n) is 2.90. The molecule has 0 fully saturated rings. The Labute approximate surface area is 122 Å². The highest BCUT2D eigenvalue weighted by atomic mass is 16.5. The maximum absolute atomic E-state index is 5.76. The van der Waals surface area contributed by atoms with Gasteiger partial charge in [-0.2, -0.15) is 15.0 Å². The lowest BCUT2D eigenvalue weighted by molar-refractivity contribution is 0.222. The van der Waals surface area contributed by atoms with Crippen molar-refractivity contribution in [2.45, 2.75) is 20.0 Å². The van der Waals surface area contributed by atoms with Crippen molar-refractivity contribution in [2.75, 3.05) is 5.73 Å². The van der Waals surface area contributed by atoms with Crippen molar-refractivity contribution in [3.05, 3.63) is 36.7 Å². The fourth-order valence-corrected chi connectivity index (χ4v) is 2.06. The van der Waals surface area contributed by atoms with Gasteiger partial charge in [0.05, 0.1) is 6.10 Å². The summed E-state index contributed by atoms with van der Waals surface area (Å²) in [6, 6.07) is 8.05. The van der Waals surface area contributed by atoms with Gasteiger partial charge in [-0.05, 0) is 25.3 Å². The van der Waals surface area contributed by atoms with Crippen molar-refractivity contribution in [3.8, 4) is 17.4 Å². The first kappa shape index (κ1) is 13.2. The van der Waals surface area contributed by atoms with E-state index in [0.717, 1.165) is 16.3 Å². The van der Waals surface area contributed by atoms with E-state index in [-0.39, 0.29) is 18.1 Å². The zero-order valence-corrected chi connectivity index (χ0v) is 11.8. The Morgan fingerprint density at radius 3 is 2.76 bits per heavy atom. The van der Waals surface area contributed by atoms with E-state index < -0.39 is 0 Å². The van der Waals surface area contributed by atoms with Gasteiger partial charge in [0.25, 0.3) is 0 Å². The number of benzene rings is 1. The third kappa shape index (κ3) is 2.74. The summed E-state index contributed by atoms with van der Waals surface area (Å²) in [4.78, 5) is 16.7. The molecule has 0 aliphatic carbocycles. The Balaban J connectivity index is 2.16. The van der Waals surface area contributed by atoms with Crippen molar-refractivity contribution >= 4 is 16.7 Å². The van der Waals surface area contributed by atoms with Crippen LogP contribution in [0.1, 0.15) is 13.8 Å². The van der Waals surface area contributed by atoms with Crippen molar-refractivity contribution in [2.24, 2.45) is 0 Å². The standard InChI is InChI=1S/C15H15N5O/c1-9(2)21-15-19-13(18-14(16)20-15)11-5-3-4-10-6-7-17-8-12(10)11/h3-9H,1-2H3,(H2,16,18,19,20). The van der Waals surface area contributed by atoms with E-state index in [9.17, 15) is 0 Å². The summed E-state index contributed by atoms with van der Waals surface area (Å²) in [6.45, 7) is 3.81. The van der Waals surface area contributed by atoms with E-state index in [0.29, 0.717) is 5.82 Å². The molecule has 3 aromatic rings. The minimum absolute atomic E-state index is 0.0335. The van der Waals surface area contributed by atoms with Gasteiger partial charge in [0.15, 0.2) is 5.82 Å². The normalized spacial score (nSPS) is 11.0. The maximum Gasteiger partial charge on any atom is 0.322 e. The SMILES string of the molecule is CC(C)Oc1nc(N)nc(-c2cccc3ccncc23)n1. The second-order valence-corrected chi connectivity index (χ2v) is 4.87. The van der Waals surface area contributed by atoms with Crippen LogP contribution in [0.5, 0.6) is 6.01 Å². The molecule has 0 saturated heterocycles. The molecule has 6 heteroatoms. The largest absolute Gasteiger partial charge is 0.461 e. The molecule has 0 aliphatic rings. The van der Waals surface area contributed by atoms with Gasteiger partial charge in [-0.25, -0.2) is 0 Å². The number of hydrogen-bond donors (Lipinski definition) is 1. The number of nitrogens with zero attached hydrogens (tertiary/aromatic N) is 4. The zero-order chi connectivity index (χ0) is 14.8. The predicted octanol–water partition coefficient (Wildman–Crippen LogP) is 2.46. The number of pyridine rings is 1. The van der Waals surface area contributed by atoms with Gasteiger partial charge in [-0.15, -0.1) is 0 Å². The number of nitrogen functional groups attached to an aromatic ring is 1. The third-order valence-corrected chi connectivity index (χ3v) is 2.90. The molecule has 6 nitrogen and oxygen atoms in total. The van der Waals surface area contributed by atoms with Crippen LogP contribution in [-0.2, 0) is 0 Å². The summed E-state index contributed by atoms with van der Waals surface area (Å²) in [6.07, 6.45) is 3.50. The molecule has 0 saturated carbocycles. The Hall–Kier alpha value is -2.76. The minimum Gasteiger partial charge on any atom is -0.461 e. The molecular weight excluding hydrogens is 266 g/mol. The first-order chi connectivity index (χ1) is 10.1. The lowest BCUT2D eigenvalue weighted by atomic mass is 10.1. The summed E-state index contributed by atoms with van der Waals surface area (Å²) >= 11 is 0. The van der Waals surface area contributed by atoms with Crippen LogP contribution in [0.25, 0.3) is 22.2 Å². The van der Waals surface area contributed by atoms with Crippen LogP contribution < -0.4 is 10.5 Å². The first-order valence-electron chi connectivity index (χ1n) is 6.65. The molecule has 0 atom stereocenters. The molecular formula is C15H15N5O. The van der Waals surface area contributed by atoms with Crippen molar-refractivity contribution in [3.63, 3.8) is 0 Å². The number of rotatable bonds is 3. The molecule has 0 spiro atoms. The average molecular weight is 281 g/mol. The average Bonchev–Trinajstić information content (AvgIpc) is 2.45. The summed E-state index contributed by atoms with van der Waals surface area (Å²) in [5, 5.41) is 2.02. The molecule has 21 heavy (non-hydrogen) atoms. The van der Waals surface area contributed by atoms with Crippen LogP contribution >= 0.6 is 0 Å². The molecule has 0 amide bonds. The second kappa shape index (κ2) is 5.32. The minimum atomic E-state index is -0.0335. The van der Waals surface area contributed by atoms with E-state index in [1.54, 1.807) is 12.4 Å². The quantitative estimate of drug-likeness (QED) is 0.793. The van der Waals surface area contributed by atoms with Crippen LogP contribution in [0.3, 0.4) is 0 Å². The lowest BCUT2D eigenvalue weighted by Gasteiger charge is -2.10. The number of aromatic nitrogens is 4. The van der Waals surface area contributed by atoms with Crippen LogP contribution in [0.4, 0.5) is 5.95 Å². The maximum atomic E-state index is 5.76. The van der Waals surface area contributed by atoms with E-state index in [1.165, 1.54) is 0 Å². The van der Waals surface area contributed by atoms with E-state index in [4.69, 9.17) is 10.5 Å². The Morgan fingerprint density at radius 1 is 1.10 bits per heavy atom. The molecule has 1 aromatic carbocycles. The lowest BCUT2D eigenvalue weighted by Crippen LogP contribution is -2.11. The topological polar surface area (TPSA) is 86.8 Å². The zero-order valence-electron chi connectivity index (χ0n) is 11.8.